The summed E-state index contributed by atoms with van der Waals surface area (Å²) in [6.07, 6.45) is 4.50. The van der Waals surface area contributed by atoms with Gasteiger partial charge in [0.25, 0.3) is 1.88 Å². The molecular weight excluding hydrogens is 2120 g/mol. The summed E-state index contributed by atoms with van der Waals surface area (Å²) >= 11 is 11.8. The fraction of sp³-hybridized carbons (Fsp3) is 0.0965. The van der Waals surface area contributed by atoms with Crippen molar-refractivity contribution in [2.24, 2.45) is 0 Å². The average Bonchev–Trinajstić information content (AvgIpc) is 0.720. The Bertz CT molecular complexity index is 7230. The van der Waals surface area contributed by atoms with E-state index in [1.807, 2.05) is 206 Å². The van der Waals surface area contributed by atoms with Crippen molar-refractivity contribution in [2.45, 2.75) is 67.4 Å². The van der Waals surface area contributed by atoms with Gasteiger partial charge in [0.05, 0.1) is 45.2 Å². The fourth-order valence-corrected chi connectivity index (χ4v) is 46.2. The van der Waals surface area contributed by atoms with E-state index in [4.69, 9.17) is 4.74 Å². The minimum absolute atomic E-state index is 0.0554. The van der Waals surface area contributed by atoms with Gasteiger partial charge < -0.3 is 22.9 Å². The van der Waals surface area contributed by atoms with E-state index in [2.05, 4.69) is 263 Å². The van der Waals surface area contributed by atoms with E-state index in [9.17, 15) is 56.7 Å². The molecule has 0 amide bonds. The van der Waals surface area contributed by atoms with Crippen LogP contribution in [0.3, 0.4) is 0 Å². The summed E-state index contributed by atoms with van der Waals surface area (Å²) in [6, 6.07) is 155. The van der Waals surface area contributed by atoms with E-state index in [0.29, 0.717) is 5.30 Å². The second kappa shape index (κ2) is 48.5. The van der Waals surface area contributed by atoms with Gasteiger partial charge in [0, 0.05) is 0 Å². The number of hydrogen-bond donors (Lipinski definition) is 0. The van der Waals surface area contributed by atoms with Gasteiger partial charge in [-0.05, 0) is 291 Å². The van der Waals surface area contributed by atoms with E-state index in [-0.39, 0.29) is 25.7 Å². The molecule has 17 aromatic rings. The number of carbonyl (C=O) groups is 1. The van der Waals surface area contributed by atoms with Gasteiger partial charge in [-0.15, -0.1) is 0 Å². The van der Waals surface area contributed by atoms with Crippen LogP contribution in [0.5, 0.6) is 0 Å². The lowest BCUT2D eigenvalue weighted by Gasteiger charge is -2.34. The molecule has 14 nitrogen and oxygen atoms in total. The lowest BCUT2D eigenvalue weighted by atomic mass is 10.2. The molecule has 0 aliphatic carbocycles. The number of carbonyl (C=O) groups excluding carboxylic acids is 1. The van der Waals surface area contributed by atoms with Crippen LogP contribution in [0.4, 0.5) is 0 Å². The van der Waals surface area contributed by atoms with Crippen molar-refractivity contribution in [3.63, 3.8) is 0 Å². The molecule has 0 N–H and O–H groups in total. The van der Waals surface area contributed by atoms with E-state index >= 15 is 0 Å². The van der Waals surface area contributed by atoms with Gasteiger partial charge in [-0.25, -0.2) is 38.5 Å². The molecule has 0 aliphatic heterocycles. The molecule has 0 saturated carbocycles. The number of rotatable bonds is 28. The van der Waals surface area contributed by atoms with Crippen LogP contribution < -0.4 is 79.6 Å². The Labute approximate surface area is 852 Å². The normalized spacial score (nSPS) is 12.0. The summed E-state index contributed by atoms with van der Waals surface area (Å²) in [5, 5.41) is 16.0. The number of hydrogen-bond acceptors (Lipinski definition) is 14. The first-order chi connectivity index (χ1) is 67.2. The van der Waals surface area contributed by atoms with Crippen LogP contribution in [0.2, 0.25) is 0 Å². The zero-order valence-electron chi connectivity index (χ0n) is 77.1. The van der Waals surface area contributed by atoms with Crippen LogP contribution in [0, 0.1) is 13.8 Å². The second-order valence-electron chi connectivity index (χ2n) is 33.0. The van der Waals surface area contributed by atoms with Crippen molar-refractivity contribution in [3.8, 4) is 0 Å². The third kappa shape index (κ3) is 25.5. The quantitative estimate of drug-likeness (QED) is 0.0191. The molecule has 0 spiro atoms. The van der Waals surface area contributed by atoms with Crippen molar-refractivity contribution < 1.29 is 61.4 Å². The Hall–Kier alpha value is -10.6. The van der Waals surface area contributed by atoms with E-state index in [1.165, 1.54) is 86.7 Å². The molecular formula is C114H103Br3O14P5S4+. The molecule has 17 rings (SSSR count). The molecule has 0 aliphatic rings. The van der Waals surface area contributed by atoms with E-state index < -0.39 is 84.6 Å². The molecule has 0 bridgehead atoms. The van der Waals surface area contributed by atoms with Crippen LogP contribution in [-0.4, -0.2) is 79.2 Å². The highest BCUT2D eigenvalue weighted by atomic mass is 80.0. The summed E-state index contributed by atoms with van der Waals surface area (Å²) in [5.74, 6) is -0.406. The maximum atomic E-state index is 12.5. The molecule has 140 heavy (non-hydrogen) atoms. The number of unbranched alkanes of at least 4 members (excludes halogenated alkanes) is 1. The standard InChI is InChI=1S/C26H23O3PS.C25H21O3PS.C22H23O3PS.C21H19O5PS.C20H17Br3P/c1-21-15-17-22(18-16-21)20-30(23-9-4-2-5-10-23,24-11-6-3-7-12-24)25-13-8-14-26(19-25)31(27,28)29;26-30(27,28)25-18-10-17-24(19-25)29(22-13-6-2-7-14-22,23-15-8-3-9-16-23)20-21-11-4-1-5-12-21;1-2-3-17-26(19-11-6-4-7-12-19,20-13-8-5-9-14-20)21-15-10-16-22(18-21)27(23,24)25;1-26-21(22)16-27(17-9-4-2-5-10-17,18-11-6-3-7-12-18)19-13-8-14-20(15-19)28(23,24)25;1-16-9-8-14-19(15-16)24(20(21,22)23,17-10-4-2-5-11-17)18-12-6-3-7-13-18/h2-19H,20H2,1H3;1-19H,20H2;4-16,18H,2-3,17H2,1H3;2-15H,16H2,1H3;2-15H,1H3/q;;;;+1. The highest BCUT2D eigenvalue weighted by Crippen LogP contribution is 2.74. The van der Waals surface area contributed by atoms with Crippen LogP contribution >= 0.6 is 84.1 Å². The van der Waals surface area contributed by atoms with Gasteiger partial charge in [-0.1, -0.05) is 292 Å². The first kappa shape index (κ1) is 107. The van der Waals surface area contributed by atoms with Crippen LogP contribution in [-0.2, 0) is 62.3 Å². The summed E-state index contributed by atoms with van der Waals surface area (Å²) in [6.45, 7) is 6.36. The molecule has 0 saturated heterocycles. The summed E-state index contributed by atoms with van der Waals surface area (Å²) in [5.41, 5.74) is 4.78. The third-order valence-electron chi connectivity index (χ3n) is 24.1. The van der Waals surface area contributed by atoms with Crippen molar-refractivity contribution in [1.82, 2.24) is 0 Å². The SMILES string of the molecule is CCCC[P+](c1ccccc1)(c1ccccc1)c1cccc(S(=O)(=O)[O-])c1.COC(=O)C[P+](c1ccccc1)(c1ccccc1)c1cccc(S(=O)(=O)[O-])c1.Cc1ccc(C[P+](c2ccccc2)(c2ccccc2)c2cccc(S(=O)(=O)[O-])c2)cc1.Cc1cccc([P+](c2ccccc2)(c2ccccc2)C(Br)(Br)Br)c1.O=S(=O)([O-])c1cccc([P+](Cc2ccccc2)(c2ccccc2)c2ccccc2)c1. The zero-order valence-corrected chi connectivity index (χ0v) is 89.6. The number of benzene rings is 17. The molecule has 26 heteroatoms. The molecule has 0 radical (unpaired) electrons. The Kier molecular flexibility index (Phi) is 37.0. The summed E-state index contributed by atoms with van der Waals surface area (Å²) < 4.78 is 145. The molecule has 0 unspecified atom stereocenters. The highest BCUT2D eigenvalue weighted by Gasteiger charge is 2.60. The molecule has 0 atom stereocenters. The minimum Gasteiger partial charge on any atom is -0.744 e. The average molecular weight is 2220 g/mol. The Morgan fingerprint density at radius 3 is 0.757 bits per heavy atom. The topological polar surface area (TPSA) is 255 Å². The number of aryl methyl sites for hydroxylation is 2. The Morgan fingerprint density at radius 2 is 0.493 bits per heavy atom. The van der Waals surface area contributed by atoms with Gasteiger partial charge >= 0.3 is 5.97 Å². The van der Waals surface area contributed by atoms with E-state index in [1.54, 1.807) is 42.5 Å². The lowest BCUT2D eigenvalue weighted by Crippen LogP contribution is -2.38. The molecule has 712 valence electrons. The Morgan fingerprint density at radius 1 is 0.264 bits per heavy atom. The number of methoxy groups -OCH3 is 1. The van der Waals surface area contributed by atoms with E-state index in [0.717, 1.165) is 84.6 Å². The highest BCUT2D eigenvalue weighted by molar-refractivity contribution is 9.42. The first-order valence-electron chi connectivity index (χ1n) is 44.8. The fourth-order valence-electron chi connectivity index (χ4n) is 17.5. The lowest BCUT2D eigenvalue weighted by molar-refractivity contribution is -0.137. The summed E-state index contributed by atoms with van der Waals surface area (Å²) in [4.78, 5) is 11.6. The van der Waals surface area contributed by atoms with Gasteiger partial charge in [0.2, 0.25) is 0 Å². The zero-order chi connectivity index (χ0) is 99.7. The van der Waals surface area contributed by atoms with Gasteiger partial charge in [-0.3, -0.25) is 0 Å². The number of alkyl halides is 3. The molecule has 0 aromatic heterocycles. The first-order valence-corrected chi connectivity index (χ1v) is 62.5. The number of ether oxygens (including phenoxy) is 1. The van der Waals surface area contributed by atoms with Crippen LogP contribution in [0.25, 0.3) is 0 Å². The van der Waals surface area contributed by atoms with Crippen LogP contribution in [0.15, 0.2) is 499 Å². The monoisotopic (exact) mass is 2220 g/mol. The molecule has 0 fully saturated rings. The minimum atomic E-state index is -4.63. The van der Waals surface area contributed by atoms with Crippen molar-refractivity contribution >= 4 is 210 Å². The number of halogens is 3. The van der Waals surface area contributed by atoms with Gasteiger partial charge in [0.15, 0.2) is 13.4 Å². The Balaban J connectivity index is 0.000000148. The smallest absolute Gasteiger partial charge is 0.344 e. The number of esters is 1. The van der Waals surface area contributed by atoms with Crippen molar-refractivity contribution in [1.29, 1.82) is 0 Å². The predicted molar refractivity (Wildman–Crippen MR) is 594 cm³/mol. The van der Waals surface area contributed by atoms with Gasteiger partial charge in [0.1, 0.15) is 149 Å². The molecule has 0 heterocycles. The second-order valence-corrected chi connectivity index (χ2v) is 64.7. The largest absolute Gasteiger partial charge is 0.744 e. The van der Waals surface area contributed by atoms with Crippen molar-refractivity contribution in [2.75, 3.05) is 19.4 Å². The summed E-state index contributed by atoms with van der Waals surface area (Å²) in [7, 11) is -28.2. The van der Waals surface area contributed by atoms with Crippen LogP contribution in [0.1, 0.15) is 42.0 Å². The van der Waals surface area contributed by atoms with Crippen molar-refractivity contribution in [3.05, 3.63) is 501 Å². The third-order valence-corrected chi connectivity index (χ3v) is 53.6. The molecule has 17 aromatic carbocycles. The predicted octanol–water partition coefficient (Wildman–Crippen LogP) is 20.3. The maximum Gasteiger partial charge on any atom is 0.344 e. The van der Waals surface area contributed by atoms with Gasteiger partial charge in [-0.2, -0.15) is 0 Å². The maximum absolute atomic E-state index is 12.5.